The first-order valence-corrected chi connectivity index (χ1v) is 18.7. The van der Waals surface area contributed by atoms with E-state index in [0.29, 0.717) is 48.2 Å². The number of hydrogen-bond donors (Lipinski definition) is 1. The number of rotatable bonds is 14. The number of hydrogen-bond acceptors (Lipinski definition) is 7. The summed E-state index contributed by atoms with van der Waals surface area (Å²) in [5.41, 5.74) is 9.36. The molecule has 0 heterocycles. The summed E-state index contributed by atoms with van der Waals surface area (Å²) >= 11 is 0. The Labute approximate surface area is 324 Å². The van der Waals surface area contributed by atoms with Crippen molar-refractivity contribution in [1.29, 1.82) is 0 Å². The quantitative estimate of drug-likeness (QED) is 0.1000. The van der Waals surface area contributed by atoms with E-state index in [2.05, 4.69) is 34.8 Å². The van der Waals surface area contributed by atoms with Crippen LogP contribution in [0.1, 0.15) is 62.8 Å². The predicted octanol–water partition coefficient (Wildman–Crippen LogP) is 9.61. The van der Waals surface area contributed by atoms with Crippen molar-refractivity contribution < 1.29 is 33.5 Å². The molecule has 3 aromatic rings. The first-order chi connectivity index (χ1) is 26.2. The fourth-order valence-corrected chi connectivity index (χ4v) is 6.50. The molecule has 0 fully saturated rings. The van der Waals surface area contributed by atoms with Crippen molar-refractivity contribution in [2.24, 2.45) is 0 Å². The highest BCUT2D eigenvalue weighted by Crippen LogP contribution is 2.40. The lowest BCUT2D eigenvalue weighted by atomic mass is 9.80. The van der Waals surface area contributed by atoms with Crippen LogP contribution < -0.4 is 4.90 Å². The standard InChI is InChI=1S/C47H50N2O6/c1-10-39(54-46(52)29(3)4)27-48(36-19-12-31(7)13-20-36)37-21-15-34(16-22-37)42-44(50)43(45(42)51)35-17-23-38(24-18-35)49(41-25-14-32(8)26-33(41)9)28-40(11-2)55-47(53)30(5)6/h12-26,39-40H,3,5,10-11,27-28H2,1-2,4,6-9H3/p+1. The Bertz CT molecular complexity index is 2160. The molecule has 2 atom stereocenters. The van der Waals surface area contributed by atoms with Gasteiger partial charge in [-0.1, -0.05) is 68.5 Å². The van der Waals surface area contributed by atoms with E-state index in [4.69, 9.17) is 9.47 Å². The van der Waals surface area contributed by atoms with E-state index < -0.39 is 11.9 Å². The van der Waals surface area contributed by atoms with Gasteiger partial charge >= 0.3 is 11.9 Å². The van der Waals surface area contributed by atoms with Crippen molar-refractivity contribution in [3.63, 3.8) is 0 Å². The Morgan fingerprint density at radius 3 is 1.78 bits per heavy atom. The SMILES string of the molecule is C=C(C)C(=O)OC(CC)CN(c1ccc(C)cc1)c1ccc(C2=C(O)C(=C3C=CC(=[N+](CC(CC)OC(=O)C(=C)C)c4ccc(C)cc4C)C=C3)C2=O)cc1. The number of ether oxygens (including phenoxy) is 2. The number of aliphatic hydroxyl groups is 1. The van der Waals surface area contributed by atoms with E-state index in [-0.39, 0.29) is 34.9 Å². The Kier molecular flexibility index (Phi) is 12.7. The van der Waals surface area contributed by atoms with E-state index in [1.165, 1.54) is 0 Å². The van der Waals surface area contributed by atoms with Crippen LogP contribution in [0.25, 0.3) is 5.57 Å². The largest absolute Gasteiger partial charge is 0.506 e. The van der Waals surface area contributed by atoms with Crippen LogP contribution in [0.15, 0.2) is 132 Å². The molecule has 1 N–H and O–H groups in total. The van der Waals surface area contributed by atoms with E-state index in [1.54, 1.807) is 13.8 Å². The Balaban J connectivity index is 1.43. The second-order valence-corrected chi connectivity index (χ2v) is 14.3. The molecule has 0 saturated carbocycles. The van der Waals surface area contributed by atoms with Gasteiger partial charge in [0.05, 0.1) is 17.7 Å². The molecular weight excluding hydrogens is 689 g/mol. The number of carbonyl (C=O) groups excluding carboxylic acids is 3. The number of Topliss-reactive ketones (excluding diaryl/α,β-unsaturated/α-hetero) is 1. The summed E-state index contributed by atoms with van der Waals surface area (Å²) in [7, 11) is 0. The third-order valence-corrected chi connectivity index (χ3v) is 9.78. The molecule has 5 rings (SSSR count). The van der Waals surface area contributed by atoms with Crippen molar-refractivity contribution in [1.82, 2.24) is 0 Å². The zero-order valence-corrected chi connectivity index (χ0v) is 32.9. The van der Waals surface area contributed by atoms with Crippen molar-refractivity contribution in [3.8, 4) is 0 Å². The summed E-state index contributed by atoms with van der Waals surface area (Å²) in [6, 6.07) is 21.8. The average molecular weight is 740 g/mol. The Hall–Kier alpha value is -6.02. The molecule has 55 heavy (non-hydrogen) atoms. The second-order valence-electron chi connectivity index (χ2n) is 14.3. The number of ketones is 1. The maximum absolute atomic E-state index is 13.7. The Morgan fingerprint density at radius 2 is 1.27 bits per heavy atom. The number of nitrogens with zero attached hydrogens (tertiary/aromatic N) is 2. The molecule has 284 valence electrons. The Morgan fingerprint density at radius 1 is 0.745 bits per heavy atom. The molecule has 8 heteroatoms. The third-order valence-electron chi connectivity index (χ3n) is 9.78. The molecule has 2 unspecified atom stereocenters. The van der Waals surface area contributed by atoms with Gasteiger partial charge in [0.1, 0.15) is 11.9 Å². The molecule has 0 amide bonds. The molecule has 0 radical (unpaired) electrons. The lowest BCUT2D eigenvalue weighted by molar-refractivity contribution is -0.451. The third kappa shape index (κ3) is 9.20. The van der Waals surface area contributed by atoms with Crippen LogP contribution in [0, 0.1) is 20.8 Å². The topological polar surface area (TPSA) is 96.1 Å². The average Bonchev–Trinajstić information content (AvgIpc) is 3.16. The van der Waals surface area contributed by atoms with Crippen LogP contribution >= 0.6 is 0 Å². The molecule has 2 aliphatic carbocycles. The van der Waals surface area contributed by atoms with Crippen LogP contribution in [0.5, 0.6) is 0 Å². The summed E-state index contributed by atoms with van der Waals surface area (Å²) in [6.07, 6.45) is 7.96. The molecule has 0 aromatic heterocycles. The highest BCUT2D eigenvalue weighted by molar-refractivity contribution is 6.39. The molecule has 0 bridgehead atoms. The summed E-state index contributed by atoms with van der Waals surface area (Å²) in [5.74, 6) is -1.15. The number of aliphatic hydroxyl groups excluding tert-OH is 1. The maximum atomic E-state index is 13.7. The first kappa shape index (κ1) is 40.2. The van der Waals surface area contributed by atoms with Crippen molar-refractivity contribution >= 4 is 46.1 Å². The van der Waals surface area contributed by atoms with Gasteiger partial charge in [-0.25, -0.2) is 9.59 Å². The van der Waals surface area contributed by atoms with Gasteiger partial charge in [-0.3, -0.25) is 4.79 Å². The summed E-state index contributed by atoms with van der Waals surface area (Å²) in [6.45, 7) is 21.6. The molecule has 0 saturated heterocycles. The van der Waals surface area contributed by atoms with Crippen LogP contribution in [-0.4, -0.2) is 58.4 Å². The number of aryl methyl sites for hydroxylation is 3. The smallest absolute Gasteiger partial charge is 0.333 e. The van der Waals surface area contributed by atoms with Gasteiger partial charge in [0.2, 0.25) is 17.2 Å². The highest BCUT2D eigenvalue weighted by atomic mass is 16.5. The van der Waals surface area contributed by atoms with Gasteiger partial charge in [-0.2, -0.15) is 4.58 Å². The minimum absolute atomic E-state index is 0.0531. The monoisotopic (exact) mass is 739 g/mol. The predicted molar refractivity (Wildman–Crippen MR) is 220 cm³/mol. The van der Waals surface area contributed by atoms with Crippen molar-refractivity contribution in [2.75, 3.05) is 18.0 Å². The van der Waals surface area contributed by atoms with E-state index in [0.717, 1.165) is 39.5 Å². The number of benzene rings is 3. The number of esters is 2. The van der Waals surface area contributed by atoms with Crippen LogP contribution in [-0.2, 0) is 23.9 Å². The molecule has 0 aliphatic heterocycles. The van der Waals surface area contributed by atoms with Gasteiger partial charge in [0, 0.05) is 46.3 Å². The van der Waals surface area contributed by atoms with Gasteiger partial charge in [0.15, 0.2) is 12.6 Å². The summed E-state index contributed by atoms with van der Waals surface area (Å²) in [4.78, 5) is 40.5. The minimum Gasteiger partial charge on any atom is -0.506 e. The van der Waals surface area contributed by atoms with Gasteiger partial charge in [0.25, 0.3) is 0 Å². The minimum atomic E-state index is -0.427. The lowest BCUT2D eigenvalue weighted by Gasteiger charge is -2.30. The van der Waals surface area contributed by atoms with Crippen LogP contribution in [0.2, 0.25) is 0 Å². The molecule has 8 nitrogen and oxygen atoms in total. The first-order valence-electron chi connectivity index (χ1n) is 18.7. The zero-order chi connectivity index (χ0) is 40.0. The number of allylic oxidation sites excluding steroid dienone is 7. The normalized spacial score (nSPS) is 14.7. The van der Waals surface area contributed by atoms with E-state index >= 15 is 0 Å². The fraction of sp³-hybridized carbons (Fsp3) is 0.277. The van der Waals surface area contributed by atoms with Gasteiger partial charge in [-0.15, -0.1) is 0 Å². The maximum Gasteiger partial charge on any atom is 0.333 e. The van der Waals surface area contributed by atoms with Gasteiger partial charge in [-0.05, 0) is 101 Å². The fourth-order valence-electron chi connectivity index (χ4n) is 6.50. The second kappa shape index (κ2) is 17.4. The molecular formula is C47H51N2O6+. The molecule has 0 spiro atoms. The van der Waals surface area contributed by atoms with E-state index in [1.807, 2.05) is 114 Å². The highest BCUT2D eigenvalue weighted by Gasteiger charge is 2.37. The number of anilines is 2. The molecule has 3 aromatic carbocycles. The summed E-state index contributed by atoms with van der Waals surface area (Å²) < 4.78 is 13.6. The van der Waals surface area contributed by atoms with Crippen molar-refractivity contribution in [3.05, 3.63) is 154 Å². The number of carbonyl (C=O) groups is 3. The summed E-state index contributed by atoms with van der Waals surface area (Å²) in [5, 5.41) is 11.3. The van der Waals surface area contributed by atoms with E-state index in [9.17, 15) is 19.5 Å². The van der Waals surface area contributed by atoms with Crippen LogP contribution in [0.4, 0.5) is 17.1 Å². The van der Waals surface area contributed by atoms with Crippen molar-refractivity contribution in [2.45, 2.75) is 73.5 Å². The zero-order valence-electron chi connectivity index (χ0n) is 32.9. The van der Waals surface area contributed by atoms with Gasteiger partial charge < -0.3 is 19.5 Å². The van der Waals surface area contributed by atoms with Crippen LogP contribution in [0.3, 0.4) is 0 Å². The molecule has 2 aliphatic rings. The lowest BCUT2D eigenvalue weighted by Crippen LogP contribution is -2.32.